The third kappa shape index (κ3) is 4.27. The lowest BCUT2D eigenvalue weighted by molar-refractivity contribution is -0.122. The van der Waals surface area contributed by atoms with E-state index in [0.29, 0.717) is 0 Å². The molecule has 30 heavy (non-hydrogen) atoms. The van der Waals surface area contributed by atoms with E-state index in [4.69, 9.17) is 9.51 Å². The predicted octanol–water partition coefficient (Wildman–Crippen LogP) is 4.45. The Morgan fingerprint density at radius 3 is 2.67 bits per heavy atom. The Morgan fingerprint density at radius 2 is 1.93 bits per heavy atom. The van der Waals surface area contributed by atoms with Gasteiger partial charge in [-0.2, -0.15) is 0 Å². The summed E-state index contributed by atoms with van der Waals surface area (Å²) in [6.45, 7) is 6.06. The molecule has 0 unspecified atom stereocenters. The van der Waals surface area contributed by atoms with E-state index in [-0.39, 0.29) is 18.5 Å². The first kappa shape index (κ1) is 19.9. The second kappa shape index (κ2) is 8.53. The SMILES string of the molecule is Cc1noc(C)c1-c1ccc2ccn(CC(=O)N[C@H](C)CCc3ccccc3)c2n1. The van der Waals surface area contributed by atoms with Gasteiger partial charge in [-0.1, -0.05) is 35.5 Å². The molecule has 0 aliphatic heterocycles. The quantitative estimate of drug-likeness (QED) is 0.496. The fourth-order valence-corrected chi connectivity index (χ4v) is 3.75. The van der Waals surface area contributed by atoms with Crippen molar-refractivity contribution < 1.29 is 9.32 Å². The van der Waals surface area contributed by atoms with Crippen LogP contribution in [0.25, 0.3) is 22.3 Å². The molecular formula is C24H26N4O2. The highest BCUT2D eigenvalue weighted by molar-refractivity contribution is 5.83. The molecule has 0 saturated carbocycles. The molecule has 0 saturated heterocycles. The van der Waals surface area contributed by atoms with Crippen molar-refractivity contribution in [3.63, 3.8) is 0 Å². The van der Waals surface area contributed by atoms with Crippen molar-refractivity contribution in [3.8, 4) is 11.3 Å². The Kier molecular flexibility index (Phi) is 5.65. The smallest absolute Gasteiger partial charge is 0.240 e. The molecule has 154 valence electrons. The van der Waals surface area contributed by atoms with Crippen LogP contribution in [0.3, 0.4) is 0 Å². The van der Waals surface area contributed by atoms with Crippen LogP contribution in [0.4, 0.5) is 0 Å². The van der Waals surface area contributed by atoms with Crippen LogP contribution in [0.15, 0.2) is 59.3 Å². The minimum Gasteiger partial charge on any atom is -0.361 e. The highest BCUT2D eigenvalue weighted by Gasteiger charge is 2.15. The van der Waals surface area contributed by atoms with Crippen LogP contribution in [0, 0.1) is 13.8 Å². The zero-order valence-corrected chi connectivity index (χ0v) is 17.6. The summed E-state index contributed by atoms with van der Waals surface area (Å²) in [5.41, 5.74) is 4.58. The van der Waals surface area contributed by atoms with Crippen molar-refractivity contribution in [2.24, 2.45) is 0 Å². The number of nitrogens with one attached hydrogen (secondary N) is 1. The van der Waals surface area contributed by atoms with Gasteiger partial charge < -0.3 is 14.4 Å². The zero-order chi connectivity index (χ0) is 21.1. The van der Waals surface area contributed by atoms with Crippen LogP contribution >= 0.6 is 0 Å². The van der Waals surface area contributed by atoms with Crippen LogP contribution in [-0.2, 0) is 17.8 Å². The number of amides is 1. The fourth-order valence-electron chi connectivity index (χ4n) is 3.75. The summed E-state index contributed by atoms with van der Waals surface area (Å²) in [6.07, 6.45) is 3.75. The highest BCUT2D eigenvalue weighted by Crippen LogP contribution is 2.27. The number of carbonyl (C=O) groups is 1. The number of hydrogen-bond acceptors (Lipinski definition) is 4. The molecule has 4 aromatic rings. The first-order chi connectivity index (χ1) is 14.5. The number of benzene rings is 1. The number of rotatable bonds is 7. The molecule has 0 aliphatic carbocycles. The van der Waals surface area contributed by atoms with Crippen molar-refractivity contribution >= 4 is 16.9 Å². The molecular weight excluding hydrogens is 376 g/mol. The maximum absolute atomic E-state index is 12.6. The van der Waals surface area contributed by atoms with Gasteiger partial charge in [-0.05, 0) is 57.4 Å². The van der Waals surface area contributed by atoms with Gasteiger partial charge in [0.1, 0.15) is 18.0 Å². The minimum atomic E-state index is -0.0161. The topological polar surface area (TPSA) is 73.0 Å². The van der Waals surface area contributed by atoms with E-state index >= 15 is 0 Å². The number of pyridine rings is 1. The van der Waals surface area contributed by atoms with Gasteiger partial charge >= 0.3 is 0 Å². The van der Waals surface area contributed by atoms with Crippen LogP contribution in [0.2, 0.25) is 0 Å². The maximum atomic E-state index is 12.6. The molecule has 1 aromatic carbocycles. The van der Waals surface area contributed by atoms with Gasteiger partial charge in [-0.25, -0.2) is 4.98 Å². The third-order valence-corrected chi connectivity index (χ3v) is 5.33. The van der Waals surface area contributed by atoms with Crippen molar-refractivity contribution in [2.45, 2.75) is 46.2 Å². The van der Waals surface area contributed by atoms with E-state index in [1.807, 2.05) is 67.9 Å². The lowest BCUT2D eigenvalue weighted by Gasteiger charge is -2.14. The molecule has 0 aliphatic rings. The number of fused-ring (bicyclic) bond motifs is 1. The molecule has 0 radical (unpaired) electrons. The summed E-state index contributed by atoms with van der Waals surface area (Å²) in [7, 11) is 0. The van der Waals surface area contributed by atoms with Gasteiger partial charge in [0.25, 0.3) is 0 Å². The first-order valence-corrected chi connectivity index (χ1v) is 10.2. The lowest BCUT2D eigenvalue weighted by atomic mass is 10.1. The number of hydrogen-bond donors (Lipinski definition) is 1. The molecule has 0 spiro atoms. The molecule has 1 atom stereocenters. The Labute approximate surface area is 175 Å². The molecule has 6 heteroatoms. The first-order valence-electron chi connectivity index (χ1n) is 10.2. The summed E-state index contributed by atoms with van der Waals surface area (Å²) in [5, 5.41) is 8.11. The molecule has 6 nitrogen and oxygen atoms in total. The maximum Gasteiger partial charge on any atom is 0.240 e. The van der Waals surface area contributed by atoms with E-state index in [9.17, 15) is 4.79 Å². The number of nitrogens with zero attached hydrogens (tertiary/aromatic N) is 3. The Balaban J connectivity index is 1.44. The van der Waals surface area contributed by atoms with Gasteiger partial charge in [0, 0.05) is 17.6 Å². The van der Waals surface area contributed by atoms with Crippen LogP contribution < -0.4 is 5.32 Å². The number of aryl methyl sites for hydroxylation is 3. The standard InChI is InChI=1S/C24H26N4O2/c1-16(9-10-19-7-5-4-6-8-19)25-22(29)15-28-14-13-20-11-12-21(26-24(20)28)23-17(2)27-30-18(23)3/h4-8,11-14,16H,9-10,15H2,1-3H3,(H,25,29)/t16-/m1/s1. The van der Waals surface area contributed by atoms with Crippen molar-refractivity contribution in [1.29, 1.82) is 0 Å². The Bertz CT molecular complexity index is 1140. The lowest BCUT2D eigenvalue weighted by Crippen LogP contribution is -2.35. The molecule has 4 rings (SSSR count). The summed E-state index contributed by atoms with van der Waals surface area (Å²) < 4.78 is 7.16. The second-order valence-electron chi connectivity index (χ2n) is 7.74. The molecule has 3 aromatic heterocycles. The van der Waals surface area contributed by atoms with Gasteiger partial charge in [0.05, 0.1) is 17.0 Å². The Hall–Kier alpha value is -3.41. The van der Waals surface area contributed by atoms with Gasteiger partial charge in [-0.15, -0.1) is 0 Å². The average Bonchev–Trinajstić information content (AvgIpc) is 3.29. The van der Waals surface area contributed by atoms with Gasteiger partial charge in [-0.3, -0.25) is 4.79 Å². The zero-order valence-electron chi connectivity index (χ0n) is 17.6. The number of aromatic nitrogens is 3. The number of carbonyl (C=O) groups excluding carboxylic acids is 1. The summed E-state index contributed by atoms with van der Waals surface area (Å²) in [6, 6.07) is 16.4. The molecule has 0 fully saturated rings. The molecule has 3 heterocycles. The Morgan fingerprint density at radius 1 is 1.13 bits per heavy atom. The van der Waals surface area contributed by atoms with Crippen LogP contribution in [-0.4, -0.2) is 26.7 Å². The van der Waals surface area contributed by atoms with Crippen LogP contribution in [0.5, 0.6) is 0 Å². The third-order valence-electron chi connectivity index (χ3n) is 5.33. The molecule has 1 amide bonds. The van der Waals surface area contributed by atoms with E-state index < -0.39 is 0 Å². The van der Waals surface area contributed by atoms with Gasteiger partial charge in [0.15, 0.2) is 0 Å². The molecule has 0 bridgehead atoms. The monoisotopic (exact) mass is 402 g/mol. The summed E-state index contributed by atoms with van der Waals surface area (Å²) in [4.78, 5) is 17.4. The molecule has 1 N–H and O–H groups in total. The fraction of sp³-hybridized carbons (Fsp3) is 0.292. The normalized spacial score (nSPS) is 12.2. The van der Waals surface area contributed by atoms with Crippen molar-refractivity contribution in [1.82, 2.24) is 20.0 Å². The van der Waals surface area contributed by atoms with E-state index in [1.165, 1.54) is 5.56 Å². The van der Waals surface area contributed by atoms with E-state index in [1.54, 1.807) is 0 Å². The minimum absolute atomic E-state index is 0.0161. The van der Waals surface area contributed by atoms with Crippen molar-refractivity contribution in [2.75, 3.05) is 0 Å². The largest absolute Gasteiger partial charge is 0.361 e. The summed E-state index contributed by atoms with van der Waals surface area (Å²) >= 11 is 0. The van der Waals surface area contributed by atoms with Crippen LogP contribution in [0.1, 0.15) is 30.4 Å². The van der Waals surface area contributed by atoms with Crippen molar-refractivity contribution in [3.05, 3.63) is 71.7 Å². The summed E-state index contributed by atoms with van der Waals surface area (Å²) in [5.74, 6) is 0.722. The highest BCUT2D eigenvalue weighted by atomic mass is 16.5. The van der Waals surface area contributed by atoms with E-state index in [2.05, 4.69) is 22.6 Å². The predicted molar refractivity (Wildman–Crippen MR) is 117 cm³/mol. The second-order valence-corrected chi connectivity index (χ2v) is 7.74. The van der Waals surface area contributed by atoms with Gasteiger partial charge in [0.2, 0.25) is 5.91 Å². The average molecular weight is 402 g/mol. The van der Waals surface area contributed by atoms with E-state index in [0.717, 1.165) is 46.6 Å².